The van der Waals surface area contributed by atoms with Gasteiger partial charge in [-0.2, -0.15) is 0 Å². The van der Waals surface area contributed by atoms with E-state index in [2.05, 4.69) is 43.5 Å². The maximum atomic E-state index is 14.3. The molecule has 8 nitrogen and oxygen atoms in total. The molecule has 2 aromatic carbocycles. The molecule has 0 bridgehead atoms. The Kier molecular flexibility index (Phi) is 8.43. The van der Waals surface area contributed by atoms with E-state index in [9.17, 15) is 9.59 Å². The van der Waals surface area contributed by atoms with Crippen molar-refractivity contribution >= 4 is 23.3 Å². The first-order chi connectivity index (χ1) is 21.1. The summed E-state index contributed by atoms with van der Waals surface area (Å²) in [5.41, 5.74) is 2.49. The average Bonchev–Trinajstić information content (AvgIpc) is 3.64. The lowest BCUT2D eigenvalue weighted by Crippen LogP contribution is -2.62. The summed E-state index contributed by atoms with van der Waals surface area (Å²) in [7, 11) is 0. The molecule has 0 aromatic heterocycles. The lowest BCUT2D eigenvalue weighted by atomic mass is 9.80. The summed E-state index contributed by atoms with van der Waals surface area (Å²) < 4.78 is 6.07. The number of para-hydroxylation sites is 2. The molecule has 1 saturated carbocycles. The number of carbonyl (C=O) groups excluding carboxylic acids is 2. The van der Waals surface area contributed by atoms with Gasteiger partial charge >= 0.3 is 5.97 Å². The van der Waals surface area contributed by atoms with E-state index in [1.807, 2.05) is 36.4 Å². The SMILES string of the molecule is O=C1C(N2CC3CNCC3C2)Nc2ccccc2N1C1CCN(C2(C(=O)OCc3ccccc3)CCCCCCC2)CC1. The van der Waals surface area contributed by atoms with Crippen molar-refractivity contribution in [3.63, 3.8) is 0 Å². The summed E-state index contributed by atoms with van der Waals surface area (Å²) in [4.78, 5) is 35.2. The molecule has 3 saturated heterocycles. The van der Waals surface area contributed by atoms with Gasteiger partial charge in [-0.25, -0.2) is 0 Å². The molecule has 43 heavy (non-hydrogen) atoms. The molecule has 4 aliphatic heterocycles. The number of esters is 1. The van der Waals surface area contributed by atoms with Crippen LogP contribution in [0.1, 0.15) is 63.4 Å². The van der Waals surface area contributed by atoms with Crippen LogP contribution in [0.5, 0.6) is 0 Å². The molecule has 5 aliphatic rings. The second kappa shape index (κ2) is 12.6. The molecule has 4 fully saturated rings. The number of carbonyl (C=O) groups is 2. The Morgan fingerprint density at radius 2 is 1.51 bits per heavy atom. The number of likely N-dealkylation sites (tertiary alicyclic amines) is 2. The zero-order chi connectivity index (χ0) is 29.2. The maximum Gasteiger partial charge on any atom is 0.326 e. The van der Waals surface area contributed by atoms with Gasteiger partial charge in [0.25, 0.3) is 5.91 Å². The van der Waals surface area contributed by atoms with E-state index in [-0.39, 0.29) is 24.1 Å². The van der Waals surface area contributed by atoms with Gasteiger partial charge in [0.05, 0.1) is 11.4 Å². The predicted octanol–water partition coefficient (Wildman–Crippen LogP) is 4.61. The molecule has 1 aliphatic carbocycles. The Labute approximate surface area is 256 Å². The number of rotatable bonds is 6. The molecule has 8 heteroatoms. The molecule has 0 radical (unpaired) electrons. The van der Waals surface area contributed by atoms with Crippen LogP contribution in [-0.2, 0) is 20.9 Å². The Bertz CT molecular complexity index is 1260. The number of ether oxygens (including phenoxy) is 1. The van der Waals surface area contributed by atoms with Crippen molar-refractivity contribution in [3.05, 3.63) is 60.2 Å². The number of anilines is 2. The number of piperidine rings is 1. The number of hydrogen-bond donors (Lipinski definition) is 2. The van der Waals surface area contributed by atoms with E-state index >= 15 is 0 Å². The highest BCUT2D eigenvalue weighted by molar-refractivity contribution is 6.05. The fourth-order valence-electron chi connectivity index (χ4n) is 8.54. The summed E-state index contributed by atoms with van der Waals surface area (Å²) in [6.07, 6.45) is 8.81. The van der Waals surface area contributed by atoms with E-state index in [4.69, 9.17) is 4.74 Å². The van der Waals surface area contributed by atoms with Gasteiger partial charge in [0.1, 0.15) is 12.1 Å². The minimum absolute atomic E-state index is 0.0607. The molecular formula is C35H47N5O3. The highest BCUT2D eigenvalue weighted by atomic mass is 16.5. The Hall–Kier alpha value is -2.94. The Balaban J connectivity index is 1.08. The summed E-state index contributed by atoms with van der Waals surface area (Å²) in [6.45, 7) is 5.95. The van der Waals surface area contributed by atoms with Crippen molar-refractivity contribution < 1.29 is 14.3 Å². The first-order valence-electron chi connectivity index (χ1n) is 16.7. The van der Waals surface area contributed by atoms with Gasteiger partial charge in [-0.15, -0.1) is 0 Å². The average molecular weight is 586 g/mol. The zero-order valence-corrected chi connectivity index (χ0v) is 25.4. The quantitative estimate of drug-likeness (QED) is 0.480. The largest absolute Gasteiger partial charge is 0.459 e. The van der Waals surface area contributed by atoms with E-state index in [1.165, 1.54) is 19.3 Å². The molecule has 1 amide bonds. The van der Waals surface area contributed by atoms with Gasteiger partial charge < -0.3 is 20.3 Å². The van der Waals surface area contributed by atoms with Gasteiger partial charge in [0, 0.05) is 32.2 Å². The second-order valence-corrected chi connectivity index (χ2v) is 13.5. The van der Waals surface area contributed by atoms with Crippen LogP contribution in [0.3, 0.4) is 0 Å². The molecule has 7 rings (SSSR count). The fraction of sp³-hybridized carbons (Fsp3) is 0.600. The minimum atomic E-state index is -0.574. The van der Waals surface area contributed by atoms with Crippen molar-refractivity contribution in [1.82, 2.24) is 15.1 Å². The summed E-state index contributed by atoms with van der Waals surface area (Å²) in [5.74, 6) is 1.37. The van der Waals surface area contributed by atoms with Crippen LogP contribution in [0.25, 0.3) is 0 Å². The van der Waals surface area contributed by atoms with Gasteiger partial charge in [0.15, 0.2) is 6.17 Å². The van der Waals surface area contributed by atoms with Crippen molar-refractivity contribution in [2.45, 2.75) is 82.1 Å². The van der Waals surface area contributed by atoms with Crippen LogP contribution in [0.2, 0.25) is 0 Å². The maximum absolute atomic E-state index is 14.3. The smallest absolute Gasteiger partial charge is 0.326 e. The van der Waals surface area contributed by atoms with Crippen LogP contribution in [-0.4, -0.2) is 78.7 Å². The fourth-order valence-corrected chi connectivity index (χ4v) is 8.54. The van der Waals surface area contributed by atoms with Crippen LogP contribution in [0.15, 0.2) is 54.6 Å². The van der Waals surface area contributed by atoms with Gasteiger partial charge in [-0.05, 0) is 68.3 Å². The van der Waals surface area contributed by atoms with Crippen molar-refractivity contribution in [3.8, 4) is 0 Å². The normalized spacial score (nSPS) is 28.4. The van der Waals surface area contributed by atoms with E-state index in [0.717, 1.165) is 94.7 Å². The lowest BCUT2D eigenvalue weighted by molar-refractivity contribution is -0.163. The standard InChI is InChI=1S/C35H47N5O3/c41-33-32(38-23-27-21-36-22-28(27)24-38)37-30-13-7-8-14-31(30)40(33)29-15-19-39(20-16-29)35(17-9-2-1-3-10-18-35)34(42)43-25-26-11-5-4-6-12-26/h4-8,11-14,27-29,32,36-37H,1-3,9-10,15-25H2. The number of hydrogen-bond acceptors (Lipinski definition) is 7. The van der Waals surface area contributed by atoms with Gasteiger partial charge in [-0.3, -0.25) is 19.4 Å². The van der Waals surface area contributed by atoms with E-state index in [1.54, 1.807) is 0 Å². The van der Waals surface area contributed by atoms with Crippen LogP contribution >= 0.6 is 0 Å². The third-order valence-corrected chi connectivity index (χ3v) is 10.9. The highest BCUT2D eigenvalue weighted by Gasteiger charge is 2.49. The number of nitrogens with zero attached hydrogens (tertiary/aromatic N) is 3. The molecule has 230 valence electrons. The minimum Gasteiger partial charge on any atom is -0.459 e. The summed E-state index contributed by atoms with van der Waals surface area (Å²) >= 11 is 0. The molecular weight excluding hydrogens is 538 g/mol. The molecule has 4 heterocycles. The van der Waals surface area contributed by atoms with Crippen molar-refractivity contribution in [2.75, 3.05) is 49.5 Å². The van der Waals surface area contributed by atoms with E-state index in [0.29, 0.717) is 18.4 Å². The number of benzene rings is 2. The summed E-state index contributed by atoms with van der Waals surface area (Å²) in [5, 5.41) is 7.13. The summed E-state index contributed by atoms with van der Waals surface area (Å²) in [6, 6.07) is 18.4. The van der Waals surface area contributed by atoms with Gasteiger partial charge in [-0.1, -0.05) is 74.6 Å². The monoisotopic (exact) mass is 585 g/mol. The van der Waals surface area contributed by atoms with Crippen molar-refractivity contribution in [2.24, 2.45) is 11.8 Å². The molecule has 2 N–H and O–H groups in total. The molecule has 2 aromatic rings. The third-order valence-electron chi connectivity index (χ3n) is 10.9. The first-order valence-corrected chi connectivity index (χ1v) is 16.7. The van der Waals surface area contributed by atoms with E-state index < -0.39 is 5.54 Å². The molecule has 0 spiro atoms. The number of fused-ring (bicyclic) bond motifs is 2. The Morgan fingerprint density at radius 3 is 2.23 bits per heavy atom. The predicted molar refractivity (Wildman–Crippen MR) is 169 cm³/mol. The Morgan fingerprint density at radius 1 is 0.860 bits per heavy atom. The highest BCUT2D eigenvalue weighted by Crippen LogP contribution is 2.40. The first kappa shape index (κ1) is 28.8. The topological polar surface area (TPSA) is 77.2 Å². The second-order valence-electron chi connectivity index (χ2n) is 13.5. The number of amides is 1. The van der Waals surface area contributed by atoms with Crippen LogP contribution in [0, 0.1) is 11.8 Å². The zero-order valence-electron chi connectivity index (χ0n) is 25.4. The third kappa shape index (κ3) is 5.69. The van der Waals surface area contributed by atoms with Crippen LogP contribution < -0.4 is 15.5 Å². The van der Waals surface area contributed by atoms with Crippen molar-refractivity contribution in [1.29, 1.82) is 0 Å². The molecule has 3 atom stereocenters. The lowest BCUT2D eigenvalue weighted by Gasteiger charge is -2.49. The number of nitrogens with one attached hydrogen (secondary N) is 2. The van der Waals surface area contributed by atoms with Gasteiger partial charge in [0.2, 0.25) is 0 Å². The van der Waals surface area contributed by atoms with Crippen LogP contribution in [0.4, 0.5) is 11.4 Å². The molecule has 3 unspecified atom stereocenters.